The van der Waals surface area contributed by atoms with E-state index >= 15 is 0 Å². The van der Waals surface area contributed by atoms with E-state index in [-0.39, 0.29) is 5.41 Å². The molecule has 2 nitrogen and oxygen atoms in total. The van der Waals surface area contributed by atoms with Crippen LogP contribution < -0.4 is 9.64 Å². The summed E-state index contributed by atoms with van der Waals surface area (Å²) in [7, 11) is 4.39. The average Bonchev–Trinajstić information content (AvgIpc) is 2.28. The lowest BCUT2D eigenvalue weighted by Crippen LogP contribution is -3.05. The number of ether oxygens (including phenoxy) is 1. The summed E-state index contributed by atoms with van der Waals surface area (Å²) in [5.41, 5.74) is 2.74. The van der Waals surface area contributed by atoms with Crippen LogP contribution in [0.5, 0.6) is 5.75 Å². The van der Waals surface area contributed by atoms with E-state index in [1.807, 2.05) is 0 Å². The van der Waals surface area contributed by atoms with Crippen molar-refractivity contribution >= 4 is 0 Å². The molecular formula is C17H30NO+. The monoisotopic (exact) mass is 264 g/mol. The Labute approximate surface area is 118 Å². The number of hydrogen-bond acceptors (Lipinski definition) is 1. The molecule has 0 unspecified atom stereocenters. The molecule has 0 saturated heterocycles. The van der Waals surface area contributed by atoms with Crippen LogP contribution in [-0.2, 0) is 5.41 Å². The van der Waals surface area contributed by atoms with E-state index in [0.29, 0.717) is 0 Å². The zero-order valence-electron chi connectivity index (χ0n) is 13.5. The van der Waals surface area contributed by atoms with E-state index in [2.05, 4.69) is 60.0 Å². The van der Waals surface area contributed by atoms with Crippen LogP contribution in [0, 0.1) is 6.92 Å². The highest BCUT2D eigenvalue weighted by Crippen LogP contribution is 2.32. The summed E-state index contributed by atoms with van der Waals surface area (Å²) in [6.45, 7) is 10.9. The molecular weight excluding hydrogens is 234 g/mol. The van der Waals surface area contributed by atoms with Crippen LogP contribution in [0.4, 0.5) is 0 Å². The van der Waals surface area contributed by atoms with Crippen molar-refractivity contribution in [3.63, 3.8) is 0 Å². The molecule has 0 amide bonds. The normalized spacial score (nSPS) is 11.9. The Bertz CT molecular complexity index is 391. The number of rotatable bonds is 6. The molecule has 0 fully saturated rings. The van der Waals surface area contributed by atoms with Crippen molar-refractivity contribution in [3.05, 3.63) is 29.3 Å². The quantitative estimate of drug-likeness (QED) is 0.780. The molecule has 0 aromatic heterocycles. The molecule has 0 aliphatic heterocycles. The van der Waals surface area contributed by atoms with Crippen LogP contribution in [0.1, 0.15) is 44.7 Å². The standard InChI is InChI=1S/C17H29NO/c1-14-9-10-16(15(13-14)17(2,3)4)19-12-8-7-11-18(5)6/h9-10,13H,7-8,11-12H2,1-6H3/p+1. The number of unbranched alkanes of at least 4 members (excludes halogenated alkanes) is 1. The summed E-state index contributed by atoms with van der Waals surface area (Å²) < 4.78 is 5.99. The fraction of sp³-hybridized carbons (Fsp3) is 0.647. The van der Waals surface area contributed by atoms with Crippen molar-refractivity contribution in [1.82, 2.24) is 0 Å². The lowest BCUT2D eigenvalue weighted by molar-refractivity contribution is -0.858. The molecule has 0 aliphatic rings. The van der Waals surface area contributed by atoms with Gasteiger partial charge in [-0.15, -0.1) is 0 Å². The fourth-order valence-corrected chi connectivity index (χ4v) is 2.12. The molecule has 0 saturated carbocycles. The summed E-state index contributed by atoms with van der Waals surface area (Å²) in [4.78, 5) is 1.51. The van der Waals surface area contributed by atoms with E-state index < -0.39 is 0 Å². The highest BCUT2D eigenvalue weighted by molar-refractivity contribution is 5.41. The molecule has 1 N–H and O–H groups in total. The number of benzene rings is 1. The molecule has 108 valence electrons. The van der Waals surface area contributed by atoms with Crippen LogP contribution in [-0.4, -0.2) is 27.2 Å². The predicted octanol–water partition coefficient (Wildman–Crippen LogP) is 2.60. The first-order chi connectivity index (χ1) is 8.80. The minimum atomic E-state index is 0.134. The minimum Gasteiger partial charge on any atom is -0.493 e. The molecule has 1 aromatic carbocycles. The van der Waals surface area contributed by atoms with Crippen LogP contribution in [0.15, 0.2) is 18.2 Å². The number of quaternary nitrogens is 1. The largest absolute Gasteiger partial charge is 0.493 e. The Morgan fingerprint density at radius 3 is 2.37 bits per heavy atom. The predicted molar refractivity (Wildman–Crippen MR) is 82.3 cm³/mol. The van der Waals surface area contributed by atoms with Gasteiger partial charge in [-0.3, -0.25) is 0 Å². The first-order valence-electron chi connectivity index (χ1n) is 7.33. The molecule has 19 heavy (non-hydrogen) atoms. The van der Waals surface area contributed by atoms with Crippen LogP contribution in [0.2, 0.25) is 0 Å². The molecule has 1 aromatic rings. The number of aryl methyl sites for hydroxylation is 1. The third-order valence-electron chi connectivity index (χ3n) is 3.27. The summed E-state index contributed by atoms with van der Waals surface area (Å²) in [5, 5.41) is 0. The summed E-state index contributed by atoms with van der Waals surface area (Å²) in [6, 6.07) is 6.50. The van der Waals surface area contributed by atoms with Crippen molar-refractivity contribution in [3.8, 4) is 5.75 Å². The molecule has 0 spiro atoms. The molecule has 0 radical (unpaired) electrons. The Kier molecular flexibility index (Phi) is 5.86. The summed E-state index contributed by atoms with van der Waals surface area (Å²) >= 11 is 0. The van der Waals surface area contributed by atoms with Gasteiger partial charge >= 0.3 is 0 Å². The Morgan fingerprint density at radius 2 is 1.79 bits per heavy atom. The molecule has 0 aliphatic carbocycles. The first kappa shape index (κ1) is 16.0. The lowest BCUT2D eigenvalue weighted by atomic mass is 9.85. The molecule has 0 heterocycles. The maximum Gasteiger partial charge on any atom is 0.123 e. The van der Waals surface area contributed by atoms with Gasteiger partial charge in [-0.1, -0.05) is 38.5 Å². The number of nitrogens with one attached hydrogen (secondary N) is 1. The van der Waals surface area contributed by atoms with Gasteiger partial charge < -0.3 is 9.64 Å². The maximum absolute atomic E-state index is 5.99. The van der Waals surface area contributed by atoms with E-state index in [1.54, 1.807) is 0 Å². The second kappa shape index (κ2) is 6.95. The van der Waals surface area contributed by atoms with Gasteiger partial charge in [0.25, 0.3) is 0 Å². The van der Waals surface area contributed by atoms with Gasteiger partial charge in [0.2, 0.25) is 0 Å². The smallest absolute Gasteiger partial charge is 0.123 e. The molecule has 0 atom stereocenters. The van der Waals surface area contributed by atoms with Crippen molar-refractivity contribution in [2.75, 3.05) is 27.2 Å². The van der Waals surface area contributed by atoms with Gasteiger partial charge in [0.1, 0.15) is 5.75 Å². The van der Waals surface area contributed by atoms with E-state index in [0.717, 1.165) is 18.8 Å². The van der Waals surface area contributed by atoms with Gasteiger partial charge in [0.05, 0.1) is 27.2 Å². The second-order valence-corrected chi connectivity index (χ2v) is 6.76. The van der Waals surface area contributed by atoms with Crippen LogP contribution >= 0.6 is 0 Å². The Balaban J connectivity index is 2.58. The Hall–Kier alpha value is -1.02. The van der Waals surface area contributed by atoms with Gasteiger partial charge in [0.15, 0.2) is 0 Å². The Morgan fingerprint density at radius 1 is 1.11 bits per heavy atom. The van der Waals surface area contributed by atoms with E-state index in [9.17, 15) is 0 Å². The number of hydrogen-bond donors (Lipinski definition) is 1. The topological polar surface area (TPSA) is 13.7 Å². The van der Waals surface area contributed by atoms with Crippen molar-refractivity contribution in [1.29, 1.82) is 0 Å². The third kappa shape index (κ3) is 5.65. The summed E-state index contributed by atoms with van der Waals surface area (Å²) in [6.07, 6.45) is 2.35. The zero-order valence-corrected chi connectivity index (χ0v) is 13.5. The minimum absolute atomic E-state index is 0.134. The van der Waals surface area contributed by atoms with Gasteiger partial charge in [0, 0.05) is 0 Å². The molecule has 0 bridgehead atoms. The van der Waals surface area contributed by atoms with Crippen LogP contribution in [0.25, 0.3) is 0 Å². The SMILES string of the molecule is Cc1ccc(OCCCC[NH+](C)C)c(C(C)(C)C)c1. The van der Waals surface area contributed by atoms with Gasteiger partial charge in [-0.2, -0.15) is 0 Å². The fourth-order valence-electron chi connectivity index (χ4n) is 2.12. The van der Waals surface area contributed by atoms with Crippen molar-refractivity contribution < 1.29 is 9.64 Å². The van der Waals surface area contributed by atoms with E-state index in [4.69, 9.17) is 4.74 Å². The molecule has 1 rings (SSSR count). The van der Waals surface area contributed by atoms with Crippen molar-refractivity contribution in [2.24, 2.45) is 0 Å². The zero-order chi connectivity index (χ0) is 14.5. The lowest BCUT2D eigenvalue weighted by Gasteiger charge is -2.23. The van der Waals surface area contributed by atoms with Crippen LogP contribution in [0.3, 0.4) is 0 Å². The van der Waals surface area contributed by atoms with E-state index in [1.165, 1.54) is 29.0 Å². The van der Waals surface area contributed by atoms with Gasteiger partial charge in [-0.05, 0) is 36.8 Å². The second-order valence-electron chi connectivity index (χ2n) is 6.76. The first-order valence-corrected chi connectivity index (χ1v) is 7.33. The molecule has 2 heteroatoms. The maximum atomic E-state index is 5.99. The van der Waals surface area contributed by atoms with Crippen molar-refractivity contribution in [2.45, 2.75) is 46.0 Å². The highest BCUT2D eigenvalue weighted by Gasteiger charge is 2.18. The highest BCUT2D eigenvalue weighted by atomic mass is 16.5. The summed E-state index contributed by atoms with van der Waals surface area (Å²) in [5.74, 6) is 1.05. The van der Waals surface area contributed by atoms with Gasteiger partial charge in [-0.25, -0.2) is 0 Å². The third-order valence-corrected chi connectivity index (χ3v) is 3.27. The average molecular weight is 264 g/mol.